The van der Waals surface area contributed by atoms with Crippen LogP contribution in [0.4, 0.5) is 5.69 Å². The molecule has 0 radical (unpaired) electrons. The molecule has 8 nitrogen and oxygen atoms in total. The number of ether oxygens (including phenoxy) is 1. The van der Waals surface area contributed by atoms with Crippen LogP contribution >= 0.6 is 35.0 Å². The van der Waals surface area contributed by atoms with Crippen LogP contribution in [0.15, 0.2) is 84.3 Å². The Balaban J connectivity index is 1.53. The Kier molecular flexibility index (Phi) is 9.17. The second kappa shape index (κ2) is 13.0. The van der Waals surface area contributed by atoms with Gasteiger partial charge in [-0.15, -0.1) is 0 Å². The van der Waals surface area contributed by atoms with E-state index in [-0.39, 0.29) is 17.6 Å². The summed E-state index contributed by atoms with van der Waals surface area (Å²) >= 11 is 14.1. The SMILES string of the molecule is COc1ccc(N(C(=O)CSc2ncn[nH]2)C2(C(=O)N[C@@H](c3ccc(Cl)cc3)c3ccccc3Cl)CCCC2)cc1. The lowest BCUT2D eigenvalue weighted by Gasteiger charge is -2.41. The summed E-state index contributed by atoms with van der Waals surface area (Å²) in [6, 6.07) is 21.4. The Morgan fingerprint density at radius 3 is 2.39 bits per heavy atom. The first-order chi connectivity index (χ1) is 19.9. The highest BCUT2D eigenvalue weighted by Gasteiger charge is 2.49. The van der Waals surface area contributed by atoms with Crippen LogP contribution in [0.25, 0.3) is 0 Å². The molecule has 0 spiro atoms. The number of thioether (sulfide) groups is 1. The molecule has 1 fully saturated rings. The number of rotatable bonds is 10. The van der Waals surface area contributed by atoms with Crippen molar-refractivity contribution in [3.05, 3.63) is 100 Å². The normalized spacial score (nSPS) is 14.8. The largest absolute Gasteiger partial charge is 0.497 e. The topological polar surface area (TPSA) is 100 Å². The second-order valence-corrected chi connectivity index (χ2v) is 11.5. The monoisotopic (exact) mass is 609 g/mol. The van der Waals surface area contributed by atoms with Gasteiger partial charge in [-0.05, 0) is 66.4 Å². The maximum atomic E-state index is 14.5. The van der Waals surface area contributed by atoms with Gasteiger partial charge in [0.15, 0.2) is 5.16 Å². The molecule has 2 amide bonds. The molecule has 1 saturated carbocycles. The predicted molar refractivity (Wildman–Crippen MR) is 162 cm³/mol. The van der Waals surface area contributed by atoms with Crippen LogP contribution in [0.3, 0.4) is 0 Å². The van der Waals surface area contributed by atoms with Gasteiger partial charge in [0.2, 0.25) is 11.8 Å². The summed E-state index contributed by atoms with van der Waals surface area (Å²) < 4.78 is 5.35. The molecule has 4 aromatic rings. The van der Waals surface area contributed by atoms with Crippen molar-refractivity contribution in [2.45, 2.75) is 42.4 Å². The Morgan fingerprint density at radius 1 is 1.05 bits per heavy atom. The van der Waals surface area contributed by atoms with Gasteiger partial charge in [0.1, 0.15) is 17.6 Å². The van der Waals surface area contributed by atoms with E-state index in [2.05, 4.69) is 20.5 Å². The molecule has 5 rings (SSSR count). The molecule has 41 heavy (non-hydrogen) atoms. The van der Waals surface area contributed by atoms with E-state index in [1.807, 2.05) is 42.5 Å². The summed E-state index contributed by atoms with van der Waals surface area (Å²) in [4.78, 5) is 34.3. The molecule has 0 unspecified atom stereocenters. The first kappa shape index (κ1) is 29.0. The highest BCUT2D eigenvalue weighted by atomic mass is 35.5. The van der Waals surface area contributed by atoms with Gasteiger partial charge in [-0.25, -0.2) is 4.98 Å². The van der Waals surface area contributed by atoms with Crippen molar-refractivity contribution >= 4 is 52.5 Å². The van der Waals surface area contributed by atoms with Gasteiger partial charge in [0, 0.05) is 15.7 Å². The number of carbonyl (C=O) groups excluding carboxylic acids is 2. The molecule has 3 aromatic carbocycles. The smallest absolute Gasteiger partial charge is 0.247 e. The number of hydrogen-bond donors (Lipinski definition) is 2. The Bertz CT molecular complexity index is 1480. The minimum atomic E-state index is -1.11. The molecule has 0 aliphatic heterocycles. The Labute approximate surface area is 252 Å². The fourth-order valence-corrected chi connectivity index (χ4v) is 6.30. The summed E-state index contributed by atoms with van der Waals surface area (Å²) in [6.45, 7) is 0. The Hall–Kier alpha value is -3.53. The summed E-state index contributed by atoms with van der Waals surface area (Å²) in [6.07, 6.45) is 4.03. The molecule has 1 aliphatic carbocycles. The second-order valence-electron chi connectivity index (χ2n) is 9.72. The van der Waals surface area contributed by atoms with E-state index in [4.69, 9.17) is 27.9 Å². The minimum Gasteiger partial charge on any atom is -0.497 e. The number of anilines is 1. The van der Waals surface area contributed by atoms with E-state index in [0.717, 1.165) is 24.0 Å². The molecule has 1 aliphatic rings. The molecular weight excluding hydrogens is 581 g/mol. The minimum absolute atomic E-state index is 0.0708. The molecule has 2 N–H and O–H groups in total. The van der Waals surface area contributed by atoms with Gasteiger partial charge < -0.3 is 10.1 Å². The molecule has 1 aromatic heterocycles. The third kappa shape index (κ3) is 6.37. The van der Waals surface area contributed by atoms with Crippen LogP contribution in [0.1, 0.15) is 42.9 Å². The van der Waals surface area contributed by atoms with E-state index in [9.17, 15) is 9.59 Å². The number of carbonyl (C=O) groups is 2. The van der Waals surface area contributed by atoms with E-state index in [1.165, 1.54) is 18.1 Å². The number of aromatic nitrogens is 3. The highest BCUT2D eigenvalue weighted by molar-refractivity contribution is 7.99. The van der Waals surface area contributed by atoms with Crippen LogP contribution < -0.4 is 15.0 Å². The van der Waals surface area contributed by atoms with Gasteiger partial charge in [0.05, 0.1) is 18.9 Å². The van der Waals surface area contributed by atoms with Crippen molar-refractivity contribution in [3.8, 4) is 5.75 Å². The number of hydrogen-bond acceptors (Lipinski definition) is 6. The number of halogens is 2. The zero-order valence-electron chi connectivity index (χ0n) is 22.3. The van der Waals surface area contributed by atoms with E-state index in [0.29, 0.717) is 39.5 Å². The predicted octanol–water partition coefficient (Wildman–Crippen LogP) is 6.46. The molecule has 1 heterocycles. The molecule has 0 saturated heterocycles. The van der Waals surface area contributed by atoms with Crippen molar-refractivity contribution in [2.24, 2.45) is 0 Å². The quantitative estimate of drug-likeness (QED) is 0.200. The lowest BCUT2D eigenvalue weighted by molar-refractivity contribution is -0.130. The lowest BCUT2D eigenvalue weighted by Crippen LogP contribution is -2.60. The summed E-state index contributed by atoms with van der Waals surface area (Å²) in [5.74, 6) is 0.267. The lowest BCUT2D eigenvalue weighted by atomic mass is 9.90. The van der Waals surface area contributed by atoms with Crippen molar-refractivity contribution in [1.29, 1.82) is 0 Å². The Morgan fingerprint density at radius 2 is 1.76 bits per heavy atom. The van der Waals surface area contributed by atoms with E-state index < -0.39 is 11.6 Å². The summed E-state index contributed by atoms with van der Waals surface area (Å²) in [5.41, 5.74) is 1.08. The van der Waals surface area contributed by atoms with Crippen LogP contribution in [0, 0.1) is 0 Å². The molecule has 1 atom stereocenters. The van der Waals surface area contributed by atoms with Gasteiger partial charge >= 0.3 is 0 Å². The number of benzene rings is 3. The maximum Gasteiger partial charge on any atom is 0.247 e. The number of H-pyrrole nitrogens is 1. The molecule has 212 valence electrons. The third-order valence-electron chi connectivity index (χ3n) is 7.28. The van der Waals surface area contributed by atoms with Crippen molar-refractivity contribution in [2.75, 3.05) is 17.8 Å². The zero-order chi connectivity index (χ0) is 28.8. The zero-order valence-corrected chi connectivity index (χ0v) is 24.7. The molecule has 0 bridgehead atoms. The molecule has 11 heteroatoms. The fourth-order valence-electron chi connectivity index (χ4n) is 5.30. The highest BCUT2D eigenvalue weighted by Crippen LogP contribution is 2.41. The van der Waals surface area contributed by atoms with Gasteiger partial charge in [-0.2, -0.15) is 5.10 Å². The summed E-state index contributed by atoms with van der Waals surface area (Å²) in [5, 5.41) is 11.6. The number of nitrogens with zero attached hydrogens (tertiary/aromatic N) is 3. The first-order valence-electron chi connectivity index (χ1n) is 13.2. The van der Waals surface area contributed by atoms with E-state index in [1.54, 1.807) is 42.3 Å². The van der Waals surface area contributed by atoms with Crippen LogP contribution in [-0.4, -0.2) is 45.4 Å². The average molecular weight is 611 g/mol. The first-order valence-corrected chi connectivity index (χ1v) is 14.9. The van der Waals surface area contributed by atoms with Gasteiger partial charge in [-0.1, -0.05) is 78.1 Å². The molecular formula is C30H29Cl2N5O3S. The number of nitrogens with one attached hydrogen (secondary N) is 2. The van der Waals surface area contributed by atoms with Crippen LogP contribution in [0.2, 0.25) is 10.0 Å². The number of amides is 2. The van der Waals surface area contributed by atoms with E-state index >= 15 is 0 Å². The number of methoxy groups -OCH3 is 1. The summed E-state index contributed by atoms with van der Waals surface area (Å²) in [7, 11) is 1.59. The van der Waals surface area contributed by atoms with Crippen LogP contribution in [-0.2, 0) is 9.59 Å². The fraction of sp³-hybridized carbons (Fsp3) is 0.267. The van der Waals surface area contributed by atoms with Crippen molar-refractivity contribution < 1.29 is 14.3 Å². The van der Waals surface area contributed by atoms with Crippen molar-refractivity contribution in [1.82, 2.24) is 20.5 Å². The maximum absolute atomic E-state index is 14.5. The standard InChI is InChI=1S/C30H29Cl2N5O3S/c1-40-23-14-12-22(13-15-23)37(26(38)18-41-29-33-19-34-36-29)30(16-4-5-17-30)28(39)35-27(20-8-10-21(31)11-9-20)24-6-2-3-7-25(24)32/h2-3,6-15,19,27H,4-5,16-18H2,1H3,(H,35,39)(H,33,34,36)/t27-/m0/s1. The number of aromatic amines is 1. The average Bonchev–Trinajstić information content (AvgIpc) is 3.70. The van der Waals surface area contributed by atoms with Gasteiger partial charge in [0.25, 0.3) is 0 Å². The van der Waals surface area contributed by atoms with Gasteiger partial charge in [-0.3, -0.25) is 19.6 Å². The van der Waals surface area contributed by atoms with Crippen LogP contribution in [0.5, 0.6) is 5.75 Å². The third-order valence-corrected chi connectivity index (χ3v) is 8.74. The van der Waals surface area contributed by atoms with Crippen molar-refractivity contribution in [3.63, 3.8) is 0 Å².